The molecule has 1 saturated heterocycles. The minimum Gasteiger partial charge on any atom is -0.387 e. The number of nitrogens with zero attached hydrogens (tertiary/aromatic N) is 1. The molecule has 0 spiro atoms. The highest BCUT2D eigenvalue weighted by Gasteiger charge is 2.17. The molecule has 0 aromatic heterocycles. The second kappa shape index (κ2) is 8.63. The molecular weight excluding hydrogens is 343 g/mol. The normalized spacial score (nSPS) is 16.0. The Bertz CT molecular complexity index is 690. The average Bonchev–Trinajstić information content (AvgIpc) is 2.64. The van der Waals surface area contributed by atoms with Crippen LogP contribution in [-0.2, 0) is 11.3 Å². The number of morpholine rings is 1. The Kier molecular flexibility index (Phi) is 6.26. The lowest BCUT2D eigenvalue weighted by molar-refractivity contribution is 0.122. The second-order valence-corrected chi connectivity index (χ2v) is 6.44. The minimum atomic E-state index is -0.699. The van der Waals surface area contributed by atoms with Gasteiger partial charge in [-0.15, -0.1) is 0 Å². The van der Waals surface area contributed by atoms with Gasteiger partial charge in [0, 0.05) is 42.5 Å². The Morgan fingerprint density at radius 1 is 1.16 bits per heavy atom. The summed E-state index contributed by atoms with van der Waals surface area (Å²) < 4.78 is 18.4. The molecule has 2 aromatic carbocycles. The largest absolute Gasteiger partial charge is 0.387 e. The third-order valence-electron chi connectivity index (χ3n) is 4.34. The molecule has 2 aromatic rings. The van der Waals surface area contributed by atoms with Crippen LogP contribution in [0.15, 0.2) is 42.5 Å². The molecule has 134 valence electrons. The summed E-state index contributed by atoms with van der Waals surface area (Å²) in [5.74, 6) is -0.310. The van der Waals surface area contributed by atoms with Crippen molar-refractivity contribution in [1.82, 2.24) is 5.32 Å². The number of ether oxygens (including phenoxy) is 1. The third kappa shape index (κ3) is 4.70. The van der Waals surface area contributed by atoms with E-state index in [1.54, 1.807) is 12.1 Å². The Morgan fingerprint density at radius 3 is 2.60 bits per heavy atom. The molecule has 2 N–H and O–H groups in total. The lowest BCUT2D eigenvalue weighted by atomic mass is 10.1. The van der Waals surface area contributed by atoms with Crippen LogP contribution in [0.5, 0.6) is 0 Å². The maximum absolute atomic E-state index is 13.0. The van der Waals surface area contributed by atoms with Crippen molar-refractivity contribution in [2.24, 2.45) is 0 Å². The first kappa shape index (κ1) is 18.1. The summed E-state index contributed by atoms with van der Waals surface area (Å²) in [7, 11) is 0. The Balaban J connectivity index is 1.63. The van der Waals surface area contributed by atoms with Gasteiger partial charge in [0.25, 0.3) is 0 Å². The molecule has 1 fully saturated rings. The maximum atomic E-state index is 13.0. The van der Waals surface area contributed by atoms with E-state index in [-0.39, 0.29) is 5.82 Å². The lowest BCUT2D eigenvalue weighted by Gasteiger charge is -2.31. The van der Waals surface area contributed by atoms with Crippen LogP contribution in [0, 0.1) is 5.82 Å². The SMILES string of the molecule is O[C@H](CNCc1c(Cl)cccc1N1CCOCC1)c1ccc(F)cc1. The molecule has 25 heavy (non-hydrogen) atoms. The molecule has 0 unspecified atom stereocenters. The summed E-state index contributed by atoms with van der Waals surface area (Å²) in [4.78, 5) is 2.27. The monoisotopic (exact) mass is 364 g/mol. The molecule has 0 saturated carbocycles. The van der Waals surface area contributed by atoms with Crippen molar-refractivity contribution >= 4 is 17.3 Å². The number of halogens is 2. The number of hydrogen-bond acceptors (Lipinski definition) is 4. The number of aliphatic hydroxyl groups is 1. The van der Waals surface area contributed by atoms with Crippen molar-refractivity contribution in [3.8, 4) is 0 Å². The summed E-state index contributed by atoms with van der Waals surface area (Å²) in [5.41, 5.74) is 2.79. The van der Waals surface area contributed by atoms with Crippen LogP contribution < -0.4 is 10.2 Å². The predicted molar refractivity (Wildman–Crippen MR) is 97.6 cm³/mol. The molecule has 6 heteroatoms. The zero-order valence-corrected chi connectivity index (χ0v) is 14.7. The van der Waals surface area contributed by atoms with E-state index in [0.29, 0.717) is 36.9 Å². The second-order valence-electron chi connectivity index (χ2n) is 6.04. The summed E-state index contributed by atoms with van der Waals surface area (Å²) in [6.07, 6.45) is -0.699. The standard InChI is InChI=1S/C19H22ClFN2O2/c20-17-2-1-3-18(23-8-10-25-11-9-23)16(17)12-22-13-19(24)14-4-6-15(21)7-5-14/h1-7,19,22,24H,8-13H2/t19-/m1/s1. The number of aliphatic hydroxyl groups excluding tert-OH is 1. The number of nitrogens with one attached hydrogen (secondary N) is 1. The average molecular weight is 365 g/mol. The smallest absolute Gasteiger partial charge is 0.123 e. The summed E-state index contributed by atoms with van der Waals surface area (Å²) in [6, 6.07) is 11.8. The molecule has 3 rings (SSSR count). The highest BCUT2D eigenvalue weighted by Crippen LogP contribution is 2.28. The van der Waals surface area contributed by atoms with E-state index in [0.717, 1.165) is 24.3 Å². The fraction of sp³-hybridized carbons (Fsp3) is 0.368. The zero-order valence-electron chi connectivity index (χ0n) is 13.9. The number of hydrogen-bond donors (Lipinski definition) is 2. The highest BCUT2D eigenvalue weighted by atomic mass is 35.5. The van der Waals surface area contributed by atoms with Crippen molar-refractivity contribution in [2.45, 2.75) is 12.6 Å². The fourth-order valence-electron chi connectivity index (χ4n) is 2.96. The highest BCUT2D eigenvalue weighted by molar-refractivity contribution is 6.31. The van der Waals surface area contributed by atoms with Crippen LogP contribution in [0.25, 0.3) is 0 Å². The van der Waals surface area contributed by atoms with Gasteiger partial charge in [0.2, 0.25) is 0 Å². The van der Waals surface area contributed by atoms with Crippen LogP contribution in [0.1, 0.15) is 17.2 Å². The molecule has 0 radical (unpaired) electrons. The van der Waals surface area contributed by atoms with E-state index >= 15 is 0 Å². The maximum Gasteiger partial charge on any atom is 0.123 e. The summed E-state index contributed by atoms with van der Waals surface area (Å²) in [6.45, 7) is 4.01. The molecule has 0 bridgehead atoms. The van der Waals surface area contributed by atoms with Gasteiger partial charge in [-0.3, -0.25) is 0 Å². The predicted octanol–water partition coefficient (Wildman–Crippen LogP) is 3.14. The van der Waals surface area contributed by atoms with Gasteiger partial charge >= 0.3 is 0 Å². The van der Waals surface area contributed by atoms with Crippen LogP contribution in [0.2, 0.25) is 5.02 Å². The number of benzene rings is 2. The molecule has 1 heterocycles. The summed E-state index contributed by atoms with van der Waals surface area (Å²) in [5, 5.41) is 14.2. The van der Waals surface area contributed by atoms with Crippen molar-refractivity contribution in [3.05, 3.63) is 64.4 Å². The van der Waals surface area contributed by atoms with Crippen molar-refractivity contribution in [1.29, 1.82) is 0 Å². The first-order valence-electron chi connectivity index (χ1n) is 8.39. The molecule has 1 atom stereocenters. The van der Waals surface area contributed by atoms with Crippen molar-refractivity contribution in [2.75, 3.05) is 37.7 Å². The van der Waals surface area contributed by atoms with E-state index in [4.69, 9.17) is 16.3 Å². The molecule has 1 aliphatic heterocycles. The summed E-state index contributed by atoms with van der Waals surface area (Å²) >= 11 is 6.40. The van der Waals surface area contributed by atoms with Crippen LogP contribution in [-0.4, -0.2) is 38.0 Å². The molecule has 0 aliphatic carbocycles. The Hall–Kier alpha value is -1.66. The van der Waals surface area contributed by atoms with Gasteiger partial charge < -0.3 is 20.1 Å². The van der Waals surface area contributed by atoms with Gasteiger partial charge in [0.15, 0.2) is 0 Å². The van der Waals surface area contributed by atoms with E-state index in [9.17, 15) is 9.50 Å². The van der Waals surface area contributed by atoms with Crippen molar-refractivity contribution < 1.29 is 14.2 Å². The van der Waals surface area contributed by atoms with Crippen LogP contribution >= 0.6 is 11.6 Å². The Morgan fingerprint density at radius 2 is 1.88 bits per heavy atom. The molecule has 0 amide bonds. The van der Waals surface area contributed by atoms with Crippen LogP contribution in [0.4, 0.5) is 10.1 Å². The van der Waals surface area contributed by atoms with Gasteiger partial charge in [0.05, 0.1) is 19.3 Å². The molecular formula is C19H22ClFN2O2. The zero-order chi connectivity index (χ0) is 17.6. The molecule has 1 aliphatic rings. The van der Waals surface area contributed by atoms with Crippen molar-refractivity contribution in [3.63, 3.8) is 0 Å². The topological polar surface area (TPSA) is 44.7 Å². The van der Waals surface area contributed by atoms with E-state index in [1.807, 2.05) is 12.1 Å². The molecule has 4 nitrogen and oxygen atoms in total. The lowest BCUT2D eigenvalue weighted by Crippen LogP contribution is -2.37. The van der Waals surface area contributed by atoms with Gasteiger partial charge in [-0.1, -0.05) is 29.8 Å². The first-order valence-corrected chi connectivity index (χ1v) is 8.77. The van der Waals surface area contributed by atoms with E-state index < -0.39 is 6.10 Å². The first-order chi connectivity index (χ1) is 12.1. The fourth-order valence-corrected chi connectivity index (χ4v) is 3.20. The van der Waals surface area contributed by atoms with Gasteiger partial charge in [-0.25, -0.2) is 4.39 Å². The number of anilines is 1. The third-order valence-corrected chi connectivity index (χ3v) is 4.69. The quantitative estimate of drug-likeness (QED) is 0.826. The van der Waals surface area contributed by atoms with E-state index in [1.165, 1.54) is 12.1 Å². The van der Waals surface area contributed by atoms with Gasteiger partial charge in [-0.05, 0) is 29.8 Å². The minimum absolute atomic E-state index is 0.310. The van der Waals surface area contributed by atoms with Crippen LogP contribution in [0.3, 0.4) is 0 Å². The Labute approximate surface area is 152 Å². The number of rotatable bonds is 6. The van der Waals surface area contributed by atoms with E-state index in [2.05, 4.69) is 16.3 Å². The van der Waals surface area contributed by atoms with Gasteiger partial charge in [-0.2, -0.15) is 0 Å². The van der Waals surface area contributed by atoms with Gasteiger partial charge in [0.1, 0.15) is 5.82 Å².